The van der Waals surface area contributed by atoms with Crippen molar-refractivity contribution in [2.75, 3.05) is 0 Å². The molecule has 0 spiro atoms. The van der Waals surface area contributed by atoms with Gasteiger partial charge in [-0.15, -0.1) is 0 Å². The number of halogens is 5. The highest BCUT2D eigenvalue weighted by molar-refractivity contribution is 9.10. The van der Waals surface area contributed by atoms with Gasteiger partial charge >= 0.3 is 6.18 Å². The lowest BCUT2D eigenvalue weighted by atomic mass is 10.0. The molecule has 0 unspecified atom stereocenters. The second kappa shape index (κ2) is 6.68. The predicted octanol–water partition coefficient (Wildman–Crippen LogP) is 4.60. The van der Waals surface area contributed by atoms with Gasteiger partial charge in [0.05, 0.1) is 22.7 Å². The highest BCUT2D eigenvalue weighted by atomic mass is 79.9. The number of hydrazone groups is 1. The third-order valence-electron chi connectivity index (χ3n) is 3.89. The number of carbonyl (C=O) groups excluding carboxylic acids is 1. The Morgan fingerprint density at radius 3 is 2.54 bits per heavy atom. The maximum atomic E-state index is 13.6. The van der Waals surface area contributed by atoms with Crippen molar-refractivity contribution < 1.29 is 23.1 Å². The summed E-state index contributed by atoms with van der Waals surface area (Å²) in [5.41, 5.74) is -3.35. The number of hydrogen-bond acceptors (Lipinski definition) is 3. The summed E-state index contributed by atoms with van der Waals surface area (Å²) < 4.78 is 41.4. The molecule has 3 rings (SSSR count). The van der Waals surface area contributed by atoms with Crippen LogP contribution in [0.5, 0.6) is 0 Å². The highest BCUT2D eigenvalue weighted by Crippen LogP contribution is 2.42. The van der Waals surface area contributed by atoms with Crippen LogP contribution in [0.25, 0.3) is 0 Å². The first-order chi connectivity index (χ1) is 12.1. The van der Waals surface area contributed by atoms with Gasteiger partial charge in [-0.3, -0.25) is 4.79 Å². The Kier molecular flexibility index (Phi) is 4.85. The molecule has 26 heavy (non-hydrogen) atoms. The molecule has 136 valence electrons. The SMILES string of the molecule is O=C(c1ccccc1Cl)N1N=C(c2cccc(Br)c2)C[C@@]1(O)C(F)(F)F. The zero-order valence-electron chi connectivity index (χ0n) is 13.0. The van der Waals surface area contributed by atoms with E-state index in [4.69, 9.17) is 11.6 Å². The van der Waals surface area contributed by atoms with Gasteiger partial charge in [0.15, 0.2) is 0 Å². The van der Waals surface area contributed by atoms with Crippen LogP contribution in [0.1, 0.15) is 22.3 Å². The Hall–Kier alpha value is -1.90. The minimum Gasteiger partial charge on any atom is -0.362 e. The molecule has 1 N–H and O–H groups in total. The number of amides is 1. The number of carbonyl (C=O) groups is 1. The third kappa shape index (κ3) is 3.24. The van der Waals surface area contributed by atoms with Gasteiger partial charge < -0.3 is 5.11 Å². The van der Waals surface area contributed by atoms with Crippen LogP contribution in [0.3, 0.4) is 0 Å². The van der Waals surface area contributed by atoms with Crippen LogP contribution < -0.4 is 0 Å². The van der Waals surface area contributed by atoms with E-state index in [1.54, 1.807) is 24.3 Å². The monoisotopic (exact) mass is 446 g/mol. The summed E-state index contributed by atoms with van der Waals surface area (Å²) in [4.78, 5) is 12.6. The molecule has 2 aromatic rings. The van der Waals surface area contributed by atoms with E-state index in [1.807, 2.05) is 0 Å². The van der Waals surface area contributed by atoms with Gasteiger partial charge in [0.1, 0.15) is 0 Å². The molecular weight excluding hydrogens is 437 g/mol. The van der Waals surface area contributed by atoms with E-state index in [-0.39, 0.29) is 21.3 Å². The first-order valence-electron chi connectivity index (χ1n) is 7.35. The van der Waals surface area contributed by atoms with Crippen LogP contribution in [-0.4, -0.2) is 33.6 Å². The van der Waals surface area contributed by atoms with Crippen LogP contribution in [0.2, 0.25) is 5.02 Å². The van der Waals surface area contributed by atoms with Crippen LogP contribution in [0.15, 0.2) is 58.1 Å². The molecule has 0 saturated heterocycles. The van der Waals surface area contributed by atoms with Crippen molar-refractivity contribution in [2.24, 2.45) is 5.10 Å². The zero-order valence-corrected chi connectivity index (χ0v) is 15.3. The predicted molar refractivity (Wildman–Crippen MR) is 93.9 cm³/mol. The molecule has 0 bridgehead atoms. The van der Waals surface area contributed by atoms with E-state index in [0.29, 0.717) is 10.0 Å². The van der Waals surface area contributed by atoms with E-state index in [2.05, 4.69) is 21.0 Å². The molecule has 1 aliphatic heterocycles. The molecule has 1 aliphatic rings. The molecule has 0 radical (unpaired) electrons. The fourth-order valence-corrected chi connectivity index (χ4v) is 3.17. The Morgan fingerprint density at radius 1 is 1.23 bits per heavy atom. The van der Waals surface area contributed by atoms with E-state index in [9.17, 15) is 23.1 Å². The summed E-state index contributed by atoms with van der Waals surface area (Å²) in [6, 6.07) is 12.1. The van der Waals surface area contributed by atoms with Crippen LogP contribution in [-0.2, 0) is 0 Å². The van der Waals surface area contributed by atoms with Gasteiger partial charge in [-0.25, -0.2) is 0 Å². The van der Waals surface area contributed by atoms with Gasteiger partial charge in [-0.05, 0) is 29.8 Å². The fourth-order valence-electron chi connectivity index (χ4n) is 2.56. The van der Waals surface area contributed by atoms with Crippen molar-refractivity contribution in [3.05, 3.63) is 69.2 Å². The summed E-state index contributed by atoms with van der Waals surface area (Å²) in [6.45, 7) is 0. The van der Waals surface area contributed by atoms with Crippen LogP contribution in [0.4, 0.5) is 13.2 Å². The molecule has 1 amide bonds. The van der Waals surface area contributed by atoms with Gasteiger partial charge in [0.25, 0.3) is 11.6 Å². The first kappa shape index (κ1) is 18.9. The topological polar surface area (TPSA) is 52.9 Å². The van der Waals surface area contributed by atoms with E-state index >= 15 is 0 Å². The lowest BCUT2D eigenvalue weighted by molar-refractivity contribution is -0.297. The lowest BCUT2D eigenvalue weighted by Gasteiger charge is -2.32. The van der Waals surface area contributed by atoms with E-state index in [0.717, 1.165) is 0 Å². The highest BCUT2D eigenvalue weighted by Gasteiger charge is 2.63. The first-order valence-corrected chi connectivity index (χ1v) is 8.52. The maximum absolute atomic E-state index is 13.6. The molecule has 1 heterocycles. The molecule has 4 nitrogen and oxygen atoms in total. The van der Waals surface area contributed by atoms with Crippen molar-refractivity contribution in [3.8, 4) is 0 Å². The largest absolute Gasteiger partial charge is 0.438 e. The fraction of sp³-hybridized carbons (Fsp3) is 0.176. The lowest BCUT2D eigenvalue weighted by Crippen LogP contribution is -2.56. The quantitative estimate of drug-likeness (QED) is 0.731. The summed E-state index contributed by atoms with van der Waals surface area (Å²) in [5.74, 6) is -1.14. The molecule has 0 fully saturated rings. The summed E-state index contributed by atoms with van der Waals surface area (Å²) in [6.07, 6.45) is -6.00. The van der Waals surface area contributed by atoms with Crippen molar-refractivity contribution in [3.63, 3.8) is 0 Å². The molecule has 0 aliphatic carbocycles. The summed E-state index contributed by atoms with van der Waals surface area (Å²) in [5, 5.41) is 14.1. The second-order valence-corrected chi connectivity index (χ2v) is 6.97. The van der Waals surface area contributed by atoms with Crippen molar-refractivity contribution in [1.82, 2.24) is 5.01 Å². The number of alkyl halides is 3. The van der Waals surface area contributed by atoms with Gasteiger partial charge in [0.2, 0.25) is 0 Å². The van der Waals surface area contributed by atoms with Gasteiger partial charge in [-0.1, -0.05) is 51.8 Å². The Labute approximate surface area is 160 Å². The number of aliphatic hydroxyl groups is 1. The molecule has 0 saturated carbocycles. The standard InChI is InChI=1S/C17H11BrClF3N2O2/c18-11-5-3-4-10(8-11)14-9-16(26,17(20,21)22)24(23-14)15(25)12-6-1-2-7-13(12)19/h1-8,26H,9H2/t16-/m1/s1. The number of benzene rings is 2. The molecule has 9 heteroatoms. The average Bonchev–Trinajstić information content (AvgIpc) is 2.94. The maximum Gasteiger partial charge on any atom is 0.438 e. The zero-order chi connectivity index (χ0) is 19.1. The van der Waals surface area contributed by atoms with Crippen molar-refractivity contribution in [1.29, 1.82) is 0 Å². The van der Waals surface area contributed by atoms with Crippen LogP contribution >= 0.6 is 27.5 Å². The number of rotatable bonds is 2. The summed E-state index contributed by atoms with van der Waals surface area (Å²) >= 11 is 9.14. The molecule has 0 aromatic heterocycles. The average molecular weight is 448 g/mol. The van der Waals surface area contributed by atoms with Gasteiger partial charge in [-0.2, -0.15) is 23.3 Å². The number of nitrogens with zero attached hydrogens (tertiary/aromatic N) is 2. The minimum atomic E-state index is -5.11. The normalized spacial score (nSPS) is 20.2. The third-order valence-corrected chi connectivity index (χ3v) is 4.72. The second-order valence-electron chi connectivity index (χ2n) is 5.64. The summed E-state index contributed by atoms with van der Waals surface area (Å²) in [7, 11) is 0. The Balaban J connectivity index is 2.09. The molecule has 2 aromatic carbocycles. The van der Waals surface area contributed by atoms with Crippen LogP contribution in [0, 0.1) is 0 Å². The molecule has 1 atom stereocenters. The van der Waals surface area contributed by atoms with Crippen molar-refractivity contribution in [2.45, 2.75) is 18.3 Å². The molecular formula is C17H11BrClF3N2O2. The van der Waals surface area contributed by atoms with E-state index in [1.165, 1.54) is 24.3 Å². The number of hydrogen-bond donors (Lipinski definition) is 1. The van der Waals surface area contributed by atoms with E-state index < -0.39 is 24.2 Å². The Morgan fingerprint density at radius 2 is 1.92 bits per heavy atom. The van der Waals surface area contributed by atoms with Crippen molar-refractivity contribution >= 4 is 39.1 Å². The minimum absolute atomic E-state index is 0.0341. The van der Waals surface area contributed by atoms with Gasteiger partial charge in [0, 0.05) is 4.47 Å². The smallest absolute Gasteiger partial charge is 0.362 e. The Bertz CT molecular complexity index is 904.